The Morgan fingerprint density at radius 3 is 1.67 bits per heavy atom. The fourth-order valence-corrected chi connectivity index (χ4v) is 3.40. The molecule has 0 radical (unpaired) electrons. The van der Waals surface area contributed by atoms with Crippen LogP contribution >= 0.6 is 0 Å². The lowest BCUT2D eigenvalue weighted by atomic mass is 10.1. The number of fused-ring (bicyclic) bond motifs is 1. The molecule has 0 bridgehead atoms. The summed E-state index contributed by atoms with van der Waals surface area (Å²) in [6.07, 6.45) is 0. The molecule has 3 amide bonds. The Morgan fingerprint density at radius 1 is 0.758 bits per heavy atom. The fraction of sp³-hybridized carbons (Fsp3) is 0.0455. The number of non-ortho nitro benzene ring substituents is 2. The molecule has 0 N–H and O–H groups in total. The highest BCUT2D eigenvalue weighted by Crippen LogP contribution is 2.27. The van der Waals surface area contributed by atoms with Gasteiger partial charge in [-0.2, -0.15) is 5.01 Å². The maximum Gasteiger partial charge on any atom is 0.280 e. The maximum absolute atomic E-state index is 13.3. The van der Waals surface area contributed by atoms with E-state index in [4.69, 9.17) is 0 Å². The van der Waals surface area contributed by atoms with Crippen molar-refractivity contribution in [3.8, 4) is 0 Å². The third kappa shape index (κ3) is 3.90. The second-order valence-electron chi connectivity index (χ2n) is 7.06. The van der Waals surface area contributed by atoms with E-state index in [0.717, 1.165) is 22.2 Å². The maximum atomic E-state index is 13.3. The minimum Gasteiger partial charge on any atom is -0.267 e. The zero-order chi connectivity index (χ0) is 23.7. The van der Waals surface area contributed by atoms with E-state index in [1.165, 1.54) is 48.5 Å². The monoisotopic (exact) mass is 446 g/mol. The highest BCUT2D eigenvalue weighted by atomic mass is 16.6. The van der Waals surface area contributed by atoms with Gasteiger partial charge in [-0.15, -0.1) is 0 Å². The molecule has 0 aliphatic carbocycles. The standard InChI is InChI=1S/C22H14N4O7/c27-20(15-7-11-17(12-8-15)26(32)33)23(13-14-5-9-16(10-6-14)25(30)31)24-21(28)18-3-1-2-4-19(18)22(24)29/h1-12H,13H2. The number of imide groups is 1. The zero-order valence-electron chi connectivity index (χ0n) is 16.8. The number of amides is 3. The predicted octanol–water partition coefficient (Wildman–Crippen LogP) is 3.36. The molecule has 0 saturated carbocycles. The number of benzene rings is 3. The summed E-state index contributed by atoms with van der Waals surface area (Å²) in [5.74, 6) is -2.15. The molecule has 3 aromatic rings. The number of rotatable bonds is 6. The molecule has 0 spiro atoms. The van der Waals surface area contributed by atoms with Crippen molar-refractivity contribution in [2.45, 2.75) is 6.54 Å². The molecule has 0 aromatic heterocycles. The van der Waals surface area contributed by atoms with Gasteiger partial charge in [-0.1, -0.05) is 24.3 Å². The Hall–Kier alpha value is -4.93. The first-order valence-electron chi connectivity index (χ1n) is 9.55. The second-order valence-corrected chi connectivity index (χ2v) is 7.06. The molecule has 4 rings (SSSR count). The van der Waals surface area contributed by atoms with Crippen molar-refractivity contribution in [1.29, 1.82) is 0 Å². The lowest BCUT2D eigenvalue weighted by Gasteiger charge is -2.30. The molecule has 0 unspecified atom stereocenters. The lowest BCUT2D eigenvalue weighted by Crippen LogP contribution is -2.49. The topological polar surface area (TPSA) is 144 Å². The fourth-order valence-electron chi connectivity index (χ4n) is 3.40. The smallest absolute Gasteiger partial charge is 0.267 e. The summed E-state index contributed by atoms with van der Waals surface area (Å²) in [4.78, 5) is 60.0. The van der Waals surface area contributed by atoms with Crippen LogP contribution in [0.3, 0.4) is 0 Å². The molecule has 11 nitrogen and oxygen atoms in total. The van der Waals surface area contributed by atoms with Crippen LogP contribution in [-0.2, 0) is 6.54 Å². The van der Waals surface area contributed by atoms with E-state index < -0.39 is 27.6 Å². The Kier molecular flexibility index (Phi) is 5.36. The first-order chi connectivity index (χ1) is 15.8. The molecule has 0 atom stereocenters. The summed E-state index contributed by atoms with van der Waals surface area (Å²) < 4.78 is 0. The van der Waals surface area contributed by atoms with Crippen LogP contribution < -0.4 is 0 Å². The zero-order valence-corrected chi connectivity index (χ0v) is 16.8. The molecule has 11 heteroatoms. The number of nitro groups is 2. The first-order valence-corrected chi connectivity index (χ1v) is 9.55. The molecular weight excluding hydrogens is 432 g/mol. The van der Waals surface area contributed by atoms with E-state index in [0.29, 0.717) is 5.56 Å². The van der Waals surface area contributed by atoms with Crippen molar-refractivity contribution < 1.29 is 24.2 Å². The van der Waals surface area contributed by atoms with Crippen molar-refractivity contribution in [2.24, 2.45) is 0 Å². The van der Waals surface area contributed by atoms with Crippen LogP contribution in [-0.4, -0.2) is 37.6 Å². The van der Waals surface area contributed by atoms with Gasteiger partial charge < -0.3 is 0 Å². The van der Waals surface area contributed by atoms with E-state index in [-0.39, 0.29) is 34.6 Å². The Labute approximate surface area is 185 Å². The molecule has 1 aliphatic heterocycles. The molecule has 3 aromatic carbocycles. The SMILES string of the molecule is O=C(c1ccc([N+](=O)[O-])cc1)N(Cc1ccc([N+](=O)[O-])cc1)N1C(=O)c2ccccc2C1=O. The van der Waals surface area contributed by atoms with Crippen molar-refractivity contribution in [1.82, 2.24) is 10.0 Å². The van der Waals surface area contributed by atoms with Crippen LogP contribution in [0, 0.1) is 20.2 Å². The first kappa shape index (κ1) is 21.3. The van der Waals surface area contributed by atoms with Gasteiger partial charge in [0.25, 0.3) is 29.1 Å². The Balaban J connectivity index is 1.73. The van der Waals surface area contributed by atoms with Gasteiger partial charge >= 0.3 is 0 Å². The number of nitro benzene ring substituents is 2. The van der Waals surface area contributed by atoms with Crippen LogP contribution in [0.1, 0.15) is 36.6 Å². The van der Waals surface area contributed by atoms with Gasteiger partial charge in [0.15, 0.2) is 0 Å². The number of hydrazine groups is 1. The Bertz CT molecular complexity index is 1270. The number of carbonyl (C=O) groups excluding carboxylic acids is 3. The van der Waals surface area contributed by atoms with Crippen molar-refractivity contribution >= 4 is 29.1 Å². The number of carbonyl (C=O) groups is 3. The van der Waals surface area contributed by atoms with Crippen LogP contribution in [0.4, 0.5) is 11.4 Å². The van der Waals surface area contributed by atoms with E-state index >= 15 is 0 Å². The largest absolute Gasteiger partial charge is 0.280 e. The highest BCUT2D eigenvalue weighted by Gasteiger charge is 2.41. The van der Waals surface area contributed by atoms with Crippen molar-refractivity contribution in [3.63, 3.8) is 0 Å². The third-order valence-electron chi connectivity index (χ3n) is 5.05. The van der Waals surface area contributed by atoms with E-state index in [1.807, 2.05) is 0 Å². The molecule has 1 heterocycles. The van der Waals surface area contributed by atoms with Gasteiger partial charge in [0.2, 0.25) is 0 Å². The van der Waals surface area contributed by atoms with Crippen LogP contribution in [0.2, 0.25) is 0 Å². The minimum atomic E-state index is -0.752. The van der Waals surface area contributed by atoms with Crippen LogP contribution in [0.5, 0.6) is 0 Å². The van der Waals surface area contributed by atoms with Gasteiger partial charge in [0, 0.05) is 29.8 Å². The number of hydrogen-bond donors (Lipinski definition) is 0. The summed E-state index contributed by atoms with van der Waals surface area (Å²) in [6.45, 7) is -0.251. The molecule has 1 aliphatic rings. The summed E-state index contributed by atoms with van der Waals surface area (Å²) in [5.41, 5.74) is 0.314. The van der Waals surface area contributed by atoms with Gasteiger partial charge in [0.1, 0.15) is 0 Å². The summed E-state index contributed by atoms with van der Waals surface area (Å²) in [6, 6.07) is 16.1. The van der Waals surface area contributed by atoms with Crippen molar-refractivity contribution in [3.05, 3.63) is 115 Å². The van der Waals surface area contributed by atoms with Gasteiger partial charge in [-0.3, -0.25) is 34.6 Å². The van der Waals surface area contributed by atoms with Crippen LogP contribution in [0.25, 0.3) is 0 Å². The van der Waals surface area contributed by atoms with E-state index in [9.17, 15) is 34.6 Å². The van der Waals surface area contributed by atoms with Gasteiger partial charge in [-0.25, -0.2) is 5.01 Å². The average molecular weight is 446 g/mol. The minimum absolute atomic E-state index is 0.0130. The summed E-state index contributed by atoms with van der Waals surface area (Å²) >= 11 is 0. The molecule has 0 saturated heterocycles. The third-order valence-corrected chi connectivity index (χ3v) is 5.05. The van der Waals surface area contributed by atoms with Gasteiger partial charge in [-0.05, 0) is 29.8 Å². The molecular formula is C22H14N4O7. The molecule has 33 heavy (non-hydrogen) atoms. The number of hydrogen-bond acceptors (Lipinski definition) is 7. The second kappa shape index (κ2) is 8.30. The average Bonchev–Trinajstić information content (AvgIpc) is 3.07. The highest BCUT2D eigenvalue weighted by molar-refractivity contribution is 6.22. The quantitative estimate of drug-likeness (QED) is 0.321. The summed E-state index contributed by atoms with van der Waals surface area (Å²) in [7, 11) is 0. The van der Waals surface area contributed by atoms with Crippen molar-refractivity contribution in [2.75, 3.05) is 0 Å². The van der Waals surface area contributed by atoms with Gasteiger partial charge in [0.05, 0.1) is 27.5 Å². The Morgan fingerprint density at radius 2 is 1.21 bits per heavy atom. The number of nitrogens with zero attached hydrogens (tertiary/aromatic N) is 4. The lowest BCUT2D eigenvalue weighted by molar-refractivity contribution is -0.385. The molecule has 0 fully saturated rings. The van der Waals surface area contributed by atoms with E-state index in [1.54, 1.807) is 12.1 Å². The van der Waals surface area contributed by atoms with Crippen LogP contribution in [0.15, 0.2) is 72.8 Å². The van der Waals surface area contributed by atoms with E-state index in [2.05, 4.69) is 0 Å². The predicted molar refractivity (Wildman–Crippen MR) is 113 cm³/mol. The summed E-state index contributed by atoms with van der Waals surface area (Å²) in [5, 5.41) is 23.5. The normalized spacial score (nSPS) is 12.4. The molecule has 164 valence electrons.